The zero-order chi connectivity index (χ0) is 17.6. The molecule has 5 nitrogen and oxygen atoms in total. The van der Waals surface area contributed by atoms with Crippen molar-refractivity contribution >= 4 is 21.6 Å². The Labute approximate surface area is 138 Å². The molecular formula is C14H12BrF3N2O3. The SMILES string of the molecule is CC.O=[N+]([O-])c1cnc(Oc2ccc(C(F)(F)F)cc2)c(Br)c1. The van der Waals surface area contributed by atoms with Crippen molar-refractivity contribution in [1.29, 1.82) is 0 Å². The minimum absolute atomic E-state index is 0.0142. The Hall–Kier alpha value is -2.16. The number of hydrogen-bond acceptors (Lipinski definition) is 4. The van der Waals surface area contributed by atoms with Gasteiger partial charge < -0.3 is 4.74 Å². The van der Waals surface area contributed by atoms with Gasteiger partial charge in [-0.1, -0.05) is 13.8 Å². The number of nitrogens with zero attached hydrogens (tertiary/aromatic N) is 2. The number of aromatic nitrogens is 1. The van der Waals surface area contributed by atoms with Crippen LogP contribution in [0.1, 0.15) is 19.4 Å². The number of halogens is 4. The second-order valence-corrected chi connectivity index (χ2v) is 4.72. The molecule has 0 saturated heterocycles. The van der Waals surface area contributed by atoms with Crippen molar-refractivity contribution in [3.05, 3.63) is 56.7 Å². The molecule has 0 saturated carbocycles. The van der Waals surface area contributed by atoms with Crippen LogP contribution >= 0.6 is 15.9 Å². The van der Waals surface area contributed by atoms with Crippen LogP contribution < -0.4 is 4.74 Å². The zero-order valence-corrected chi connectivity index (χ0v) is 13.7. The Kier molecular flexibility index (Phi) is 6.49. The molecule has 2 rings (SSSR count). The lowest BCUT2D eigenvalue weighted by Crippen LogP contribution is -2.04. The summed E-state index contributed by atoms with van der Waals surface area (Å²) in [5.41, 5.74) is -1.03. The normalized spacial score (nSPS) is 10.5. The third-order valence-electron chi connectivity index (χ3n) is 2.40. The zero-order valence-electron chi connectivity index (χ0n) is 12.1. The van der Waals surface area contributed by atoms with Crippen LogP contribution in [0.15, 0.2) is 41.0 Å². The molecule has 0 N–H and O–H groups in total. The molecule has 0 unspecified atom stereocenters. The van der Waals surface area contributed by atoms with Crippen molar-refractivity contribution in [1.82, 2.24) is 4.98 Å². The fourth-order valence-electron chi connectivity index (χ4n) is 1.41. The molecule has 1 aromatic heterocycles. The number of rotatable bonds is 3. The van der Waals surface area contributed by atoms with Crippen molar-refractivity contribution in [3.63, 3.8) is 0 Å². The summed E-state index contributed by atoms with van der Waals surface area (Å²) in [5, 5.41) is 10.6. The Bertz CT molecular complexity index is 676. The van der Waals surface area contributed by atoms with Crippen molar-refractivity contribution in [3.8, 4) is 11.6 Å². The Morgan fingerprint density at radius 2 is 1.78 bits per heavy atom. The molecule has 0 aliphatic rings. The van der Waals surface area contributed by atoms with E-state index in [-0.39, 0.29) is 21.8 Å². The topological polar surface area (TPSA) is 65.3 Å². The average molecular weight is 393 g/mol. The predicted octanol–water partition coefficient (Wildman–Crippen LogP) is 5.59. The van der Waals surface area contributed by atoms with Crippen LogP contribution in [0.2, 0.25) is 0 Å². The first-order valence-electron chi connectivity index (χ1n) is 6.42. The summed E-state index contributed by atoms with van der Waals surface area (Å²) < 4.78 is 42.7. The lowest BCUT2D eigenvalue weighted by atomic mass is 10.2. The van der Waals surface area contributed by atoms with Gasteiger partial charge in [0.2, 0.25) is 5.88 Å². The maximum Gasteiger partial charge on any atom is 0.416 e. The summed E-state index contributed by atoms with van der Waals surface area (Å²) in [4.78, 5) is 13.7. The lowest BCUT2D eigenvalue weighted by molar-refractivity contribution is -0.385. The van der Waals surface area contributed by atoms with Crippen LogP contribution in [0.5, 0.6) is 11.6 Å². The number of benzene rings is 1. The molecule has 0 bridgehead atoms. The molecule has 0 aliphatic heterocycles. The Morgan fingerprint density at radius 1 is 1.22 bits per heavy atom. The molecule has 9 heteroatoms. The molecule has 0 fully saturated rings. The minimum atomic E-state index is -4.43. The number of ether oxygens (including phenoxy) is 1. The highest BCUT2D eigenvalue weighted by Gasteiger charge is 2.30. The van der Waals surface area contributed by atoms with Crippen LogP contribution in [0.25, 0.3) is 0 Å². The van der Waals surface area contributed by atoms with Gasteiger partial charge in [-0.2, -0.15) is 13.2 Å². The van der Waals surface area contributed by atoms with Crippen LogP contribution in [0.3, 0.4) is 0 Å². The number of pyridine rings is 1. The van der Waals surface area contributed by atoms with E-state index in [2.05, 4.69) is 20.9 Å². The molecular weight excluding hydrogens is 381 g/mol. The molecule has 0 spiro atoms. The van der Waals surface area contributed by atoms with E-state index in [0.29, 0.717) is 0 Å². The second-order valence-electron chi connectivity index (χ2n) is 3.86. The fraction of sp³-hybridized carbons (Fsp3) is 0.214. The summed E-state index contributed by atoms with van der Waals surface area (Å²) in [6.45, 7) is 4.00. The molecule has 0 aliphatic carbocycles. The van der Waals surface area contributed by atoms with Crippen molar-refractivity contribution in [2.45, 2.75) is 20.0 Å². The van der Waals surface area contributed by atoms with Gasteiger partial charge in [0.05, 0.1) is 15.0 Å². The highest BCUT2D eigenvalue weighted by molar-refractivity contribution is 9.10. The van der Waals surface area contributed by atoms with Gasteiger partial charge in [-0.15, -0.1) is 0 Å². The van der Waals surface area contributed by atoms with Crippen LogP contribution in [-0.2, 0) is 6.18 Å². The standard InChI is InChI=1S/C12H6BrF3N2O3.C2H6/c13-10-5-8(18(19)20)6-17-11(10)21-9-3-1-7(2-4-9)12(14,15)16;1-2/h1-6H;1-2H3. The highest BCUT2D eigenvalue weighted by atomic mass is 79.9. The average Bonchev–Trinajstić information content (AvgIpc) is 2.51. The van der Waals surface area contributed by atoms with Gasteiger partial charge in [0.15, 0.2) is 0 Å². The van der Waals surface area contributed by atoms with E-state index in [1.54, 1.807) is 0 Å². The van der Waals surface area contributed by atoms with Crippen LogP contribution in [-0.4, -0.2) is 9.91 Å². The van der Waals surface area contributed by atoms with Gasteiger partial charge in [-0.05, 0) is 40.2 Å². The summed E-state index contributed by atoms with van der Waals surface area (Å²) in [6, 6.07) is 5.20. The maximum atomic E-state index is 12.4. The van der Waals surface area contributed by atoms with E-state index < -0.39 is 16.7 Å². The molecule has 0 atom stereocenters. The number of alkyl halides is 3. The molecule has 0 amide bonds. The third kappa shape index (κ3) is 5.20. The van der Waals surface area contributed by atoms with E-state index >= 15 is 0 Å². The lowest BCUT2D eigenvalue weighted by Gasteiger charge is -2.09. The van der Waals surface area contributed by atoms with Gasteiger partial charge in [0, 0.05) is 6.07 Å². The first-order chi connectivity index (χ1) is 10.8. The summed E-state index contributed by atoms with van der Waals surface area (Å²) in [6.07, 6.45) is -3.44. The van der Waals surface area contributed by atoms with Crippen LogP contribution in [0, 0.1) is 10.1 Å². The molecule has 2 aromatic rings. The second kappa shape index (κ2) is 7.91. The molecule has 0 radical (unpaired) electrons. The first-order valence-corrected chi connectivity index (χ1v) is 7.22. The smallest absolute Gasteiger partial charge is 0.416 e. The largest absolute Gasteiger partial charge is 0.438 e. The number of nitro groups is 1. The minimum Gasteiger partial charge on any atom is -0.438 e. The first kappa shape index (κ1) is 18.9. The summed E-state index contributed by atoms with van der Waals surface area (Å²) >= 11 is 3.05. The van der Waals surface area contributed by atoms with Crippen LogP contribution in [0.4, 0.5) is 18.9 Å². The quantitative estimate of drug-likeness (QED) is 0.504. The predicted molar refractivity (Wildman–Crippen MR) is 81.5 cm³/mol. The summed E-state index contributed by atoms with van der Waals surface area (Å²) in [5.74, 6) is 0.144. The molecule has 124 valence electrons. The fourth-order valence-corrected chi connectivity index (χ4v) is 1.83. The van der Waals surface area contributed by atoms with Crippen molar-refractivity contribution in [2.75, 3.05) is 0 Å². The molecule has 1 aromatic carbocycles. The van der Waals surface area contributed by atoms with E-state index in [0.717, 1.165) is 30.5 Å². The van der Waals surface area contributed by atoms with Crippen molar-refractivity contribution < 1.29 is 22.8 Å². The van der Waals surface area contributed by atoms with Gasteiger partial charge in [-0.25, -0.2) is 4.98 Å². The van der Waals surface area contributed by atoms with E-state index in [4.69, 9.17) is 4.74 Å². The summed E-state index contributed by atoms with van der Waals surface area (Å²) in [7, 11) is 0. The van der Waals surface area contributed by atoms with Crippen molar-refractivity contribution in [2.24, 2.45) is 0 Å². The number of hydrogen-bond donors (Lipinski definition) is 0. The van der Waals surface area contributed by atoms with Gasteiger partial charge in [0.1, 0.15) is 11.9 Å². The van der Waals surface area contributed by atoms with Gasteiger partial charge >= 0.3 is 6.18 Å². The van der Waals surface area contributed by atoms with Gasteiger partial charge in [-0.3, -0.25) is 10.1 Å². The molecule has 1 heterocycles. The highest BCUT2D eigenvalue weighted by Crippen LogP contribution is 2.33. The van der Waals surface area contributed by atoms with E-state index in [1.165, 1.54) is 6.07 Å². The monoisotopic (exact) mass is 392 g/mol. The molecule has 23 heavy (non-hydrogen) atoms. The van der Waals surface area contributed by atoms with E-state index in [9.17, 15) is 23.3 Å². The maximum absolute atomic E-state index is 12.4. The Balaban J connectivity index is 0.00000127. The Morgan fingerprint density at radius 3 is 2.22 bits per heavy atom. The van der Waals surface area contributed by atoms with E-state index in [1.807, 2.05) is 13.8 Å². The third-order valence-corrected chi connectivity index (χ3v) is 2.97. The van der Waals surface area contributed by atoms with Gasteiger partial charge in [0.25, 0.3) is 5.69 Å².